The number of aromatic nitrogens is 1. The lowest BCUT2D eigenvalue weighted by Crippen LogP contribution is -2.36. The maximum absolute atomic E-state index is 11.4. The van der Waals surface area contributed by atoms with Crippen LogP contribution in [0.2, 0.25) is 0 Å². The fraction of sp³-hybridized carbons (Fsp3) is 0.538. The van der Waals surface area contributed by atoms with E-state index in [-0.39, 0.29) is 30.7 Å². The number of nitrogens with zero attached hydrogens (tertiary/aromatic N) is 1. The van der Waals surface area contributed by atoms with Gasteiger partial charge >= 0.3 is 0 Å². The number of rotatable bonds is 10. The fourth-order valence-corrected chi connectivity index (χ4v) is 1.44. The summed E-state index contributed by atoms with van der Waals surface area (Å²) in [6.45, 7) is 3.07. The number of hydrogen-bond donors (Lipinski definition) is 3. The predicted molar refractivity (Wildman–Crippen MR) is 89.6 cm³/mol. The minimum Gasteiger partial charge on any atom is -0.383 e. The van der Waals surface area contributed by atoms with E-state index in [2.05, 4.69) is 20.9 Å². The van der Waals surface area contributed by atoms with Crippen molar-refractivity contribution < 1.29 is 9.53 Å². The molecule has 1 amide bonds. The Hall–Kier alpha value is -1.08. The molecular formula is C13H24Cl2N4O2. The molecule has 1 aromatic heterocycles. The summed E-state index contributed by atoms with van der Waals surface area (Å²) < 4.78 is 4.87. The van der Waals surface area contributed by atoms with Gasteiger partial charge in [-0.1, -0.05) is 6.07 Å². The van der Waals surface area contributed by atoms with E-state index in [1.165, 1.54) is 0 Å². The summed E-state index contributed by atoms with van der Waals surface area (Å²) in [6, 6.07) is 5.73. The van der Waals surface area contributed by atoms with E-state index in [0.29, 0.717) is 26.2 Å². The number of carbonyl (C=O) groups is 1. The van der Waals surface area contributed by atoms with E-state index in [9.17, 15) is 4.79 Å². The highest BCUT2D eigenvalue weighted by Crippen LogP contribution is 1.98. The molecule has 3 N–H and O–H groups in total. The maximum Gasteiger partial charge on any atom is 0.233 e. The van der Waals surface area contributed by atoms with Gasteiger partial charge in [0.25, 0.3) is 0 Å². The smallest absolute Gasteiger partial charge is 0.233 e. The molecule has 0 aliphatic rings. The van der Waals surface area contributed by atoms with Gasteiger partial charge in [-0.15, -0.1) is 24.8 Å². The lowest BCUT2D eigenvalue weighted by atomic mass is 10.4. The molecule has 0 fully saturated rings. The van der Waals surface area contributed by atoms with Crippen LogP contribution in [0.15, 0.2) is 24.4 Å². The monoisotopic (exact) mass is 338 g/mol. The fourth-order valence-electron chi connectivity index (χ4n) is 1.44. The first kappa shape index (κ1) is 22.2. The number of nitrogens with one attached hydrogen (secondary N) is 3. The van der Waals surface area contributed by atoms with Crippen molar-refractivity contribution in [1.82, 2.24) is 15.6 Å². The summed E-state index contributed by atoms with van der Waals surface area (Å²) in [4.78, 5) is 15.5. The van der Waals surface area contributed by atoms with Gasteiger partial charge in [0.05, 0.1) is 13.2 Å². The Kier molecular flexibility index (Phi) is 16.2. The van der Waals surface area contributed by atoms with Crippen LogP contribution in [-0.4, -0.2) is 50.8 Å². The molecule has 0 aromatic carbocycles. The van der Waals surface area contributed by atoms with Crippen LogP contribution >= 0.6 is 24.8 Å². The third kappa shape index (κ3) is 12.4. The molecule has 0 radical (unpaired) electrons. The zero-order chi connectivity index (χ0) is 13.8. The van der Waals surface area contributed by atoms with Crippen LogP contribution in [0, 0.1) is 0 Å². The Morgan fingerprint density at radius 1 is 1.24 bits per heavy atom. The highest BCUT2D eigenvalue weighted by molar-refractivity contribution is 5.85. The van der Waals surface area contributed by atoms with Crippen molar-refractivity contribution in [2.24, 2.45) is 0 Å². The van der Waals surface area contributed by atoms with E-state index in [1.54, 1.807) is 13.3 Å². The second-order valence-corrected chi connectivity index (χ2v) is 4.01. The first-order chi connectivity index (χ1) is 9.33. The molecule has 0 saturated heterocycles. The third-order valence-electron chi connectivity index (χ3n) is 2.42. The summed E-state index contributed by atoms with van der Waals surface area (Å²) in [5.41, 5.74) is 0. The third-order valence-corrected chi connectivity index (χ3v) is 2.42. The standard InChI is InChI=1S/C13H22N4O2.2ClH/c1-19-10-9-14-11-13(18)17-8-4-7-16-12-5-2-3-6-15-12;;/h2-3,5-6,14H,4,7-11H2,1H3,(H,15,16)(H,17,18);2*1H. The predicted octanol–water partition coefficient (Wildman–Crippen LogP) is 1.08. The number of anilines is 1. The molecule has 6 nitrogen and oxygen atoms in total. The van der Waals surface area contributed by atoms with Crippen LogP contribution in [0.5, 0.6) is 0 Å². The largest absolute Gasteiger partial charge is 0.383 e. The summed E-state index contributed by atoms with van der Waals surface area (Å²) in [5.74, 6) is 0.865. The lowest BCUT2D eigenvalue weighted by molar-refractivity contribution is -0.120. The van der Waals surface area contributed by atoms with Crippen LogP contribution < -0.4 is 16.0 Å². The molecule has 0 aliphatic carbocycles. The van der Waals surface area contributed by atoms with E-state index >= 15 is 0 Å². The van der Waals surface area contributed by atoms with Gasteiger partial charge < -0.3 is 20.7 Å². The summed E-state index contributed by atoms with van der Waals surface area (Å²) in [7, 11) is 1.64. The van der Waals surface area contributed by atoms with Crippen molar-refractivity contribution in [1.29, 1.82) is 0 Å². The van der Waals surface area contributed by atoms with Crippen LogP contribution in [0.1, 0.15) is 6.42 Å². The maximum atomic E-state index is 11.4. The summed E-state index contributed by atoms with van der Waals surface area (Å²) in [5, 5.41) is 9.02. The second kappa shape index (κ2) is 15.3. The Bertz CT molecular complexity index is 355. The number of halogens is 2. The molecule has 0 spiro atoms. The Morgan fingerprint density at radius 3 is 2.71 bits per heavy atom. The Labute approximate surface area is 138 Å². The van der Waals surface area contributed by atoms with Crippen molar-refractivity contribution >= 4 is 36.5 Å². The van der Waals surface area contributed by atoms with Crippen molar-refractivity contribution in [2.45, 2.75) is 6.42 Å². The number of hydrogen-bond acceptors (Lipinski definition) is 5. The molecule has 122 valence electrons. The molecule has 8 heteroatoms. The molecule has 1 rings (SSSR count). The molecule has 0 saturated carbocycles. The normalized spacial score (nSPS) is 9.19. The zero-order valence-corrected chi connectivity index (χ0v) is 13.8. The van der Waals surface area contributed by atoms with Gasteiger partial charge in [0, 0.05) is 32.9 Å². The number of ether oxygens (including phenoxy) is 1. The molecular weight excluding hydrogens is 315 g/mol. The van der Waals surface area contributed by atoms with Gasteiger partial charge in [-0.25, -0.2) is 4.98 Å². The average Bonchev–Trinajstić information content (AvgIpc) is 2.44. The molecule has 0 bridgehead atoms. The lowest BCUT2D eigenvalue weighted by Gasteiger charge is -2.07. The number of methoxy groups -OCH3 is 1. The van der Waals surface area contributed by atoms with Crippen molar-refractivity contribution in [3.63, 3.8) is 0 Å². The van der Waals surface area contributed by atoms with Crippen molar-refractivity contribution in [3.05, 3.63) is 24.4 Å². The van der Waals surface area contributed by atoms with Crippen molar-refractivity contribution in [3.8, 4) is 0 Å². The number of carbonyl (C=O) groups excluding carboxylic acids is 1. The van der Waals surface area contributed by atoms with E-state index < -0.39 is 0 Å². The van der Waals surface area contributed by atoms with Gasteiger partial charge in [-0.3, -0.25) is 4.79 Å². The van der Waals surface area contributed by atoms with Crippen LogP contribution in [0.4, 0.5) is 5.82 Å². The van der Waals surface area contributed by atoms with Crippen LogP contribution in [0.25, 0.3) is 0 Å². The highest BCUT2D eigenvalue weighted by atomic mass is 35.5. The Balaban J connectivity index is 0. The van der Waals surface area contributed by atoms with Gasteiger partial charge in [0.15, 0.2) is 0 Å². The van der Waals surface area contributed by atoms with Gasteiger partial charge in [-0.2, -0.15) is 0 Å². The molecule has 1 aromatic rings. The first-order valence-electron chi connectivity index (χ1n) is 6.44. The minimum absolute atomic E-state index is 0. The quantitative estimate of drug-likeness (QED) is 0.556. The van der Waals surface area contributed by atoms with Crippen molar-refractivity contribution in [2.75, 3.05) is 45.2 Å². The van der Waals surface area contributed by atoms with Gasteiger partial charge in [-0.05, 0) is 18.6 Å². The second-order valence-electron chi connectivity index (χ2n) is 4.01. The molecule has 1 heterocycles. The topological polar surface area (TPSA) is 75.3 Å². The van der Waals surface area contributed by atoms with E-state index in [1.807, 2.05) is 18.2 Å². The van der Waals surface area contributed by atoms with Gasteiger partial charge in [0.1, 0.15) is 5.82 Å². The highest BCUT2D eigenvalue weighted by Gasteiger charge is 1.99. The SMILES string of the molecule is COCCNCC(=O)NCCCNc1ccccn1.Cl.Cl. The molecule has 0 unspecified atom stereocenters. The minimum atomic E-state index is 0. The number of amides is 1. The zero-order valence-electron chi connectivity index (χ0n) is 12.1. The van der Waals surface area contributed by atoms with Gasteiger partial charge in [0.2, 0.25) is 5.91 Å². The van der Waals surface area contributed by atoms with E-state index in [4.69, 9.17) is 4.74 Å². The summed E-state index contributed by atoms with van der Waals surface area (Å²) >= 11 is 0. The molecule has 21 heavy (non-hydrogen) atoms. The molecule has 0 atom stereocenters. The first-order valence-corrected chi connectivity index (χ1v) is 6.44. The van der Waals surface area contributed by atoms with E-state index in [0.717, 1.165) is 18.8 Å². The van der Waals surface area contributed by atoms with Crippen LogP contribution in [-0.2, 0) is 9.53 Å². The Morgan fingerprint density at radius 2 is 2.05 bits per heavy atom. The average molecular weight is 339 g/mol. The summed E-state index contributed by atoms with van der Waals surface area (Å²) in [6.07, 6.45) is 2.61. The molecule has 0 aliphatic heterocycles. The van der Waals surface area contributed by atoms with Crippen LogP contribution in [0.3, 0.4) is 0 Å². The number of pyridine rings is 1.